The maximum Gasteiger partial charge on any atom is 0.280 e. The molecule has 0 spiro atoms. The van der Waals surface area contributed by atoms with Crippen LogP contribution in [-0.4, -0.2) is 37.0 Å². The third-order valence-corrected chi connectivity index (χ3v) is 6.02. The highest BCUT2D eigenvalue weighted by Crippen LogP contribution is 2.50. The Morgan fingerprint density at radius 1 is 0.905 bits per heavy atom. The van der Waals surface area contributed by atoms with Crippen molar-refractivity contribution < 1.29 is 18.9 Å². The number of rotatable bonds is 3. The van der Waals surface area contributed by atoms with E-state index in [9.17, 15) is 0 Å². The molecule has 4 atom stereocenters. The van der Waals surface area contributed by atoms with Crippen LogP contribution in [0.2, 0.25) is 0 Å². The second-order valence-corrected chi connectivity index (χ2v) is 7.63. The maximum atomic E-state index is 6.34. The van der Waals surface area contributed by atoms with Crippen LogP contribution in [0.25, 0.3) is 0 Å². The largest absolute Gasteiger partial charge is 0.372 e. The molecular weight excluding hydrogens is 268 g/mol. The van der Waals surface area contributed by atoms with E-state index < -0.39 is 5.97 Å². The van der Waals surface area contributed by atoms with Crippen LogP contribution in [-0.2, 0) is 18.9 Å². The van der Waals surface area contributed by atoms with E-state index in [4.69, 9.17) is 18.9 Å². The molecule has 0 amide bonds. The van der Waals surface area contributed by atoms with Crippen molar-refractivity contribution in [3.63, 3.8) is 0 Å². The molecule has 3 aliphatic heterocycles. The summed E-state index contributed by atoms with van der Waals surface area (Å²) in [4.78, 5) is 0. The van der Waals surface area contributed by atoms with E-state index in [0.717, 1.165) is 12.5 Å². The average Bonchev–Trinajstić information content (AvgIpc) is 2.48. The molecule has 4 heteroatoms. The molecule has 0 radical (unpaired) electrons. The smallest absolute Gasteiger partial charge is 0.280 e. The minimum Gasteiger partial charge on any atom is -0.372 e. The van der Waals surface area contributed by atoms with E-state index in [1.165, 1.54) is 32.1 Å². The topological polar surface area (TPSA) is 36.9 Å². The van der Waals surface area contributed by atoms with E-state index in [1.54, 1.807) is 0 Å². The van der Waals surface area contributed by atoms with E-state index in [2.05, 4.69) is 13.8 Å². The third-order valence-electron chi connectivity index (χ3n) is 6.02. The van der Waals surface area contributed by atoms with Gasteiger partial charge in [-0.3, -0.25) is 0 Å². The first kappa shape index (κ1) is 14.4. The maximum absolute atomic E-state index is 6.34. The molecule has 2 aliphatic carbocycles. The van der Waals surface area contributed by atoms with Crippen molar-refractivity contribution in [2.24, 2.45) is 17.8 Å². The van der Waals surface area contributed by atoms with Gasteiger partial charge < -0.3 is 18.9 Å². The summed E-state index contributed by atoms with van der Waals surface area (Å²) in [6.07, 6.45) is 7.30. The van der Waals surface area contributed by atoms with Gasteiger partial charge in [0.15, 0.2) is 0 Å². The van der Waals surface area contributed by atoms with Crippen LogP contribution >= 0.6 is 0 Å². The fraction of sp³-hybridized carbons (Fsp3) is 1.00. The van der Waals surface area contributed by atoms with Gasteiger partial charge in [0.1, 0.15) is 6.10 Å². The van der Waals surface area contributed by atoms with Crippen LogP contribution < -0.4 is 0 Å². The van der Waals surface area contributed by atoms with Crippen molar-refractivity contribution >= 4 is 0 Å². The fourth-order valence-electron chi connectivity index (χ4n) is 4.82. The van der Waals surface area contributed by atoms with Crippen LogP contribution in [0.4, 0.5) is 0 Å². The molecule has 0 aromatic rings. The van der Waals surface area contributed by atoms with Gasteiger partial charge >= 0.3 is 0 Å². The summed E-state index contributed by atoms with van der Waals surface area (Å²) in [7, 11) is 0. The van der Waals surface area contributed by atoms with Crippen molar-refractivity contribution in [1.82, 2.24) is 0 Å². The standard InChI is InChI=1S/C17H28O4/c1-10-13-11(2)15-16(14(10)20-17(3,19-13)21-15)18-9-12-7-5-4-6-8-12/h10-16H,4-9H2,1-3H3. The zero-order valence-corrected chi connectivity index (χ0v) is 13.4. The third kappa shape index (κ3) is 2.35. The Morgan fingerprint density at radius 2 is 1.48 bits per heavy atom. The van der Waals surface area contributed by atoms with Crippen LogP contribution in [0.15, 0.2) is 0 Å². The molecule has 4 nitrogen and oxygen atoms in total. The molecule has 2 saturated carbocycles. The molecule has 4 bridgehead atoms. The lowest BCUT2D eigenvalue weighted by Gasteiger charge is -2.62. The first-order valence-electron chi connectivity index (χ1n) is 8.72. The van der Waals surface area contributed by atoms with E-state index >= 15 is 0 Å². The molecule has 5 rings (SSSR count). The second-order valence-electron chi connectivity index (χ2n) is 7.63. The summed E-state index contributed by atoms with van der Waals surface area (Å²) in [5, 5.41) is 0. The Bertz CT molecular complexity index is 372. The summed E-state index contributed by atoms with van der Waals surface area (Å²) in [6, 6.07) is 0. The highest BCUT2D eigenvalue weighted by molar-refractivity contribution is 5.04. The van der Waals surface area contributed by atoms with Crippen LogP contribution in [0.5, 0.6) is 0 Å². The first-order valence-corrected chi connectivity index (χ1v) is 8.72. The van der Waals surface area contributed by atoms with Gasteiger partial charge in [0.25, 0.3) is 5.97 Å². The predicted molar refractivity (Wildman–Crippen MR) is 77.7 cm³/mol. The normalized spacial score (nSPS) is 53.3. The van der Waals surface area contributed by atoms with Crippen molar-refractivity contribution in [3.8, 4) is 0 Å². The molecule has 0 aromatic heterocycles. The molecule has 3 saturated heterocycles. The molecule has 5 aliphatic rings. The van der Waals surface area contributed by atoms with Gasteiger partial charge in [-0.25, -0.2) is 0 Å². The van der Waals surface area contributed by atoms with E-state index in [0.29, 0.717) is 11.8 Å². The van der Waals surface area contributed by atoms with Crippen LogP contribution in [0, 0.1) is 17.8 Å². The number of hydrogen-bond donors (Lipinski definition) is 0. The minimum absolute atomic E-state index is 0.0742. The van der Waals surface area contributed by atoms with E-state index in [1.807, 2.05) is 6.92 Å². The Labute approximate surface area is 127 Å². The molecule has 0 N–H and O–H groups in total. The SMILES string of the molecule is CC1C2OC3(C)OC1C(OCC1CCCCC1)C(O3)C2C. The zero-order valence-electron chi connectivity index (χ0n) is 13.4. The molecule has 3 heterocycles. The van der Waals surface area contributed by atoms with Crippen molar-refractivity contribution in [3.05, 3.63) is 0 Å². The zero-order chi connectivity index (χ0) is 14.6. The second kappa shape index (κ2) is 5.19. The first-order chi connectivity index (χ1) is 10.1. The summed E-state index contributed by atoms with van der Waals surface area (Å²) in [6.45, 7) is 7.22. The molecule has 4 unspecified atom stereocenters. The Morgan fingerprint density at radius 3 is 2.10 bits per heavy atom. The lowest BCUT2D eigenvalue weighted by atomic mass is 9.72. The highest BCUT2D eigenvalue weighted by Gasteiger charge is 2.63. The van der Waals surface area contributed by atoms with Gasteiger partial charge in [-0.1, -0.05) is 33.1 Å². The average molecular weight is 296 g/mol. The molecule has 120 valence electrons. The van der Waals surface area contributed by atoms with Crippen molar-refractivity contribution in [2.45, 2.75) is 83.3 Å². The van der Waals surface area contributed by atoms with E-state index in [-0.39, 0.29) is 24.4 Å². The van der Waals surface area contributed by atoms with Crippen LogP contribution in [0.1, 0.15) is 52.9 Å². The summed E-state index contributed by atoms with van der Waals surface area (Å²) < 4.78 is 24.4. The summed E-state index contributed by atoms with van der Waals surface area (Å²) >= 11 is 0. The lowest BCUT2D eigenvalue weighted by molar-refractivity contribution is -0.525. The van der Waals surface area contributed by atoms with Gasteiger partial charge in [0, 0.05) is 18.8 Å². The highest BCUT2D eigenvalue weighted by atomic mass is 16.9. The molecule has 5 fully saturated rings. The molecular formula is C17H28O4. The van der Waals surface area contributed by atoms with Crippen molar-refractivity contribution in [1.29, 1.82) is 0 Å². The van der Waals surface area contributed by atoms with Crippen LogP contribution in [0.3, 0.4) is 0 Å². The molecule has 0 aromatic carbocycles. The van der Waals surface area contributed by atoms with Gasteiger partial charge in [-0.05, 0) is 18.8 Å². The fourth-order valence-corrected chi connectivity index (χ4v) is 4.82. The molecule has 21 heavy (non-hydrogen) atoms. The monoisotopic (exact) mass is 296 g/mol. The van der Waals surface area contributed by atoms with Gasteiger partial charge in [0.05, 0.1) is 24.9 Å². The summed E-state index contributed by atoms with van der Waals surface area (Å²) in [5.74, 6) is 0.645. The lowest BCUT2D eigenvalue weighted by Crippen LogP contribution is -2.74. The quantitative estimate of drug-likeness (QED) is 0.802. The number of hydrogen-bond acceptors (Lipinski definition) is 4. The summed E-state index contributed by atoms with van der Waals surface area (Å²) in [5.41, 5.74) is 0. The Balaban J connectivity index is 1.45. The van der Waals surface area contributed by atoms with Gasteiger partial charge in [-0.2, -0.15) is 0 Å². The Kier molecular flexibility index (Phi) is 3.57. The predicted octanol–water partition coefficient (Wildman–Crippen LogP) is 3.09. The van der Waals surface area contributed by atoms with Gasteiger partial charge in [0.2, 0.25) is 0 Å². The van der Waals surface area contributed by atoms with Crippen molar-refractivity contribution in [2.75, 3.05) is 6.61 Å². The minimum atomic E-state index is -0.844. The number of ether oxygens (including phenoxy) is 4. The van der Waals surface area contributed by atoms with Gasteiger partial charge in [-0.15, -0.1) is 0 Å². The Hall–Kier alpha value is -0.160.